The summed E-state index contributed by atoms with van der Waals surface area (Å²) in [6.07, 6.45) is 3.59. The van der Waals surface area contributed by atoms with Crippen molar-refractivity contribution in [3.8, 4) is 0 Å². The van der Waals surface area contributed by atoms with Gasteiger partial charge in [-0.15, -0.1) is 0 Å². The number of nitrogens with one attached hydrogen (secondary N) is 1. The number of primary amides is 1. The van der Waals surface area contributed by atoms with Crippen LogP contribution < -0.4 is 11.1 Å². The number of nitrogens with two attached hydrogens (primary N) is 1. The number of carbonyl (C=O) groups is 2. The van der Waals surface area contributed by atoms with Crippen LogP contribution in [0.25, 0.3) is 0 Å². The van der Waals surface area contributed by atoms with E-state index in [1.807, 2.05) is 0 Å². The third-order valence-electron chi connectivity index (χ3n) is 2.40. The molecule has 0 unspecified atom stereocenters. The van der Waals surface area contributed by atoms with E-state index < -0.39 is 11.3 Å². The van der Waals surface area contributed by atoms with Crippen molar-refractivity contribution in [2.24, 2.45) is 11.1 Å². The average molecular weight is 214 g/mol. The monoisotopic (exact) mass is 214 g/mol. The minimum absolute atomic E-state index is 0.00206. The Morgan fingerprint density at radius 3 is 2.33 bits per heavy atom. The van der Waals surface area contributed by atoms with Gasteiger partial charge < -0.3 is 11.1 Å². The molecule has 4 nitrogen and oxygen atoms in total. The van der Waals surface area contributed by atoms with Crippen LogP contribution in [0.2, 0.25) is 0 Å². The van der Waals surface area contributed by atoms with Crippen LogP contribution in [0.4, 0.5) is 0 Å². The van der Waals surface area contributed by atoms with Gasteiger partial charge in [0.05, 0.1) is 5.41 Å². The van der Waals surface area contributed by atoms with Gasteiger partial charge in [0.2, 0.25) is 11.8 Å². The van der Waals surface area contributed by atoms with Crippen molar-refractivity contribution < 1.29 is 9.59 Å². The highest BCUT2D eigenvalue weighted by Gasteiger charge is 2.25. The van der Waals surface area contributed by atoms with Crippen molar-refractivity contribution >= 4 is 11.8 Å². The van der Waals surface area contributed by atoms with E-state index in [1.165, 1.54) is 0 Å². The maximum Gasteiger partial charge on any atom is 0.224 e. The van der Waals surface area contributed by atoms with Gasteiger partial charge in [0.1, 0.15) is 0 Å². The van der Waals surface area contributed by atoms with Crippen LogP contribution in [0.15, 0.2) is 0 Å². The molecule has 0 aromatic heterocycles. The topological polar surface area (TPSA) is 72.2 Å². The molecule has 0 aromatic carbocycles. The molecule has 0 aliphatic rings. The first-order valence-electron chi connectivity index (χ1n) is 5.46. The molecule has 15 heavy (non-hydrogen) atoms. The number of rotatable bonds is 7. The molecule has 0 saturated heterocycles. The Morgan fingerprint density at radius 2 is 1.87 bits per heavy atom. The van der Waals surface area contributed by atoms with Crippen LogP contribution in [0.5, 0.6) is 0 Å². The van der Waals surface area contributed by atoms with Gasteiger partial charge >= 0.3 is 0 Å². The lowest BCUT2D eigenvalue weighted by Crippen LogP contribution is -2.42. The molecule has 0 aliphatic heterocycles. The zero-order valence-electron chi connectivity index (χ0n) is 9.93. The van der Waals surface area contributed by atoms with Crippen molar-refractivity contribution in [3.05, 3.63) is 0 Å². The first kappa shape index (κ1) is 13.9. The summed E-state index contributed by atoms with van der Waals surface area (Å²) in [6.45, 7) is 5.85. The highest BCUT2D eigenvalue weighted by atomic mass is 16.2. The summed E-state index contributed by atoms with van der Waals surface area (Å²) in [7, 11) is 0. The third-order valence-corrected chi connectivity index (χ3v) is 2.40. The van der Waals surface area contributed by atoms with Gasteiger partial charge in [0, 0.05) is 13.0 Å². The maximum absolute atomic E-state index is 11.3. The zero-order valence-corrected chi connectivity index (χ0v) is 9.93. The molecule has 0 fully saturated rings. The Labute approximate surface area is 91.6 Å². The van der Waals surface area contributed by atoms with Crippen LogP contribution in [0, 0.1) is 5.41 Å². The number of carbonyl (C=O) groups excluding carboxylic acids is 2. The second-order valence-corrected chi connectivity index (χ2v) is 4.48. The summed E-state index contributed by atoms with van der Waals surface area (Å²) < 4.78 is 0. The quantitative estimate of drug-likeness (QED) is 0.625. The van der Waals surface area contributed by atoms with Gasteiger partial charge in [0.25, 0.3) is 0 Å². The summed E-state index contributed by atoms with van der Waals surface area (Å²) in [5.74, 6) is -0.394. The summed E-state index contributed by atoms with van der Waals surface area (Å²) in [4.78, 5) is 22.3. The van der Waals surface area contributed by atoms with E-state index in [1.54, 1.807) is 13.8 Å². The molecule has 0 saturated carbocycles. The van der Waals surface area contributed by atoms with Gasteiger partial charge in [-0.25, -0.2) is 0 Å². The van der Waals surface area contributed by atoms with E-state index in [0.29, 0.717) is 13.0 Å². The molecule has 88 valence electrons. The summed E-state index contributed by atoms with van der Waals surface area (Å²) in [6, 6.07) is 0. The van der Waals surface area contributed by atoms with Crippen LogP contribution >= 0.6 is 0 Å². The lowest BCUT2D eigenvalue weighted by molar-refractivity contribution is -0.127. The fourth-order valence-electron chi connectivity index (χ4n) is 1.03. The van der Waals surface area contributed by atoms with E-state index >= 15 is 0 Å². The van der Waals surface area contributed by atoms with E-state index in [2.05, 4.69) is 12.2 Å². The zero-order chi connectivity index (χ0) is 11.9. The first-order chi connectivity index (χ1) is 6.90. The van der Waals surface area contributed by atoms with Gasteiger partial charge in [0.15, 0.2) is 0 Å². The molecule has 0 aromatic rings. The minimum atomic E-state index is -0.666. The summed E-state index contributed by atoms with van der Waals surface area (Å²) >= 11 is 0. The number of hydrogen-bond donors (Lipinski definition) is 2. The predicted molar refractivity (Wildman–Crippen MR) is 60.1 cm³/mol. The highest BCUT2D eigenvalue weighted by Crippen LogP contribution is 2.11. The largest absolute Gasteiger partial charge is 0.369 e. The molecule has 0 bridgehead atoms. The smallest absolute Gasteiger partial charge is 0.224 e. The molecule has 0 heterocycles. The van der Waals surface area contributed by atoms with Crippen LogP contribution in [0.1, 0.15) is 46.5 Å². The molecular formula is C11H22N2O2. The van der Waals surface area contributed by atoms with Crippen molar-refractivity contribution in [1.29, 1.82) is 0 Å². The first-order valence-corrected chi connectivity index (χ1v) is 5.46. The minimum Gasteiger partial charge on any atom is -0.369 e. The second-order valence-electron chi connectivity index (χ2n) is 4.48. The Balaban J connectivity index is 3.75. The molecule has 0 aliphatic carbocycles. The Kier molecular flexibility index (Phi) is 5.97. The molecule has 0 radical (unpaired) electrons. The standard InChI is InChI=1S/C11H22N2O2/c1-4-5-6-7-9(14)13-8-11(2,3)10(12)15/h4-8H2,1-3H3,(H2,12,15)(H,13,14). The second kappa shape index (κ2) is 6.43. The fourth-order valence-corrected chi connectivity index (χ4v) is 1.03. The van der Waals surface area contributed by atoms with Gasteiger partial charge in [-0.2, -0.15) is 0 Å². The molecule has 3 N–H and O–H groups in total. The van der Waals surface area contributed by atoms with Crippen molar-refractivity contribution in [2.45, 2.75) is 46.5 Å². The maximum atomic E-state index is 11.3. The van der Waals surface area contributed by atoms with Crippen LogP contribution in [-0.2, 0) is 9.59 Å². The Bertz CT molecular complexity index is 225. The van der Waals surface area contributed by atoms with Crippen molar-refractivity contribution in [3.63, 3.8) is 0 Å². The number of hydrogen-bond acceptors (Lipinski definition) is 2. The summed E-state index contributed by atoms with van der Waals surface area (Å²) in [5, 5.41) is 2.72. The van der Waals surface area contributed by atoms with Crippen molar-refractivity contribution in [2.75, 3.05) is 6.54 Å². The molecule has 4 heteroatoms. The van der Waals surface area contributed by atoms with E-state index in [9.17, 15) is 9.59 Å². The predicted octanol–water partition coefficient (Wildman–Crippen LogP) is 1.19. The van der Waals surface area contributed by atoms with E-state index in [-0.39, 0.29) is 5.91 Å². The summed E-state index contributed by atoms with van der Waals surface area (Å²) in [5.41, 5.74) is 4.52. The molecule has 0 atom stereocenters. The average Bonchev–Trinajstić information content (AvgIpc) is 2.15. The normalized spacial score (nSPS) is 11.1. The lowest BCUT2D eigenvalue weighted by Gasteiger charge is -2.20. The molecule has 2 amide bonds. The highest BCUT2D eigenvalue weighted by molar-refractivity contribution is 5.82. The van der Waals surface area contributed by atoms with Crippen molar-refractivity contribution in [1.82, 2.24) is 5.32 Å². The molecular weight excluding hydrogens is 192 g/mol. The van der Waals surface area contributed by atoms with E-state index in [4.69, 9.17) is 5.73 Å². The Morgan fingerprint density at radius 1 is 1.27 bits per heavy atom. The molecule has 0 spiro atoms. The lowest BCUT2D eigenvalue weighted by atomic mass is 9.93. The van der Waals surface area contributed by atoms with Gasteiger partial charge in [-0.05, 0) is 20.3 Å². The number of unbranched alkanes of at least 4 members (excludes halogenated alkanes) is 2. The fraction of sp³-hybridized carbons (Fsp3) is 0.818. The third kappa shape index (κ3) is 6.10. The Hall–Kier alpha value is -1.06. The molecule has 0 rings (SSSR count). The SMILES string of the molecule is CCCCCC(=O)NCC(C)(C)C(N)=O. The van der Waals surface area contributed by atoms with Gasteiger partial charge in [-0.1, -0.05) is 19.8 Å². The van der Waals surface area contributed by atoms with Crippen LogP contribution in [0.3, 0.4) is 0 Å². The van der Waals surface area contributed by atoms with Gasteiger partial charge in [-0.3, -0.25) is 9.59 Å². The van der Waals surface area contributed by atoms with E-state index in [0.717, 1.165) is 19.3 Å². The van der Waals surface area contributed by atoms with Crippen LogP contribution in [-0.4, -0.2) is 18.4 Å². The number of amides is 2.